The number of rotatable bonds is 7. The molecule has 23 heavy (non-hydrogen) atoms. The van der Waals surface area contributed by atoms with Crippen LogP contribution < -0.4 is 10.6 Å². The summed E-state index contributed by atoms with van der Waals surface area (Å²) in [5.74, 6) is 1.25. The first-order chi connectivity index (χ1) is 11.4. The SMILES string of the molecule is c1ccc(CCNc2nncc(NCc3ccccc3)n2)cc1. The molecule has 3 rings (SSSR count). The molecular weight excluding hydrogens is 286 g/mol. The van der Waals surface area contributed by atoms with Gasteiger partial charge >= 0.3 is 0 Å². The lowest BCUT2D eigenvalue weighted by Gasteiger charge is -2.08. The third kappa shape index (κ3) is 4.78. The van der Waals surface area contributed by atoms with E-state index in [0.29, 0.717) is 18.3 Å². The molecule has 3 aromatic rings. The molecule has 2 aromatic carbocycles. The van der Waals surface area contributed by atoms with Gasteiger partial charge in [0.15, 0.2) is 5.82 Å². The van der Waals surface area contributed by atoms with Crippen molar-refractivity contribution in [3.8, 4) is 0 Å². The lowest BCUT2D eigenvalue weighted by Crippen LogP contribution is -2.10. The van der Waals surface area contributed by atoms with E-state index in [0.717, 1.165) is 13.0 Å². The number of anilines is 2. The van der Waals surface area contributed by atoms with Crippen molar-refractivity contribution in [2.75, 3.05) is 17.2 Å². The van der Waals surface area contributed by atoms with Crippen molar-refractivity contribution >= 4 is 11.8 Å². The lowest BCUT2D eigenvalue weighted by molar-refractivity contribution is 0.921. The molecular formula is C18H19N5. The molecule has 5 heteroatoms. The van der Waals surface area contributed by atoms with Gasteiger partial charge in [-0.1, -0.05) is 60.7 Å². The zero-order valence-electron chi connectivity index (χ0n) is 12.8. The summed E-state index contributed by atoms with van der Waals surface area (Å²) >= 11 is 0. The predicted octanol–water partition coefficient (Wildman–Crippen LogP) is 3.14. The third-order valence-electron chi connectivity index (χ3n) is 3.41. The molecule has 1 aromatic heterocycles. The molecule has 0 radical (unpaired) electrons. The molecule has 0 fully saturated rings. The first kappa shape index (κ1) is 15.0. The van der Waals surface area contributed by atoms with E-state index in [9.17, 15) is 0 Å². The predicted molar refractivity (Wildman–Crippen MR) is 92.2 cm³/mol. The zero-order chi connectivity index (χ0) is 15.7. The molecule has 0 spiro atoms. The van der Waals surface area contributed by atoms with Gasteiger partial charge in [0, 0.05) is 13.1 Å². The summed E-state index contributed by atoms with van der Waals surface area (Å²) in [4.78, 5) is 4.42. The molecule has 0 atom stereocenters. The molecule has 0 aliphatic heterocycles. The maximum absolute atomic E-state index is 4.42. The van der Waals surface area contributed by atoms with E-state index < -0.39 is 0 Å². The first-order valence-electron chi connectivity index (χ1n) is 7.65. The summed E-state index contributed by atoms with van der Waals surface area (Å²) in [6.45, 7) is 1.48. The highest BCUT2D eigenvalue weighted by atomic mass is 15.3. The standard InChI is InChI=1S/C18H19N5/c1-3-7-15(8-4-1)11-12-19-18-22-17(14-21-23-18)20-13-16-9-5-2-6-10-16/h1-10,14H,11-13H2,(H2,19,20,22,23). The van der Waals surface area contributed by atoms with Crippen LogP contribution in [0.5, 0.6) is 0 Å². The van der Waals surface area contributed by atoms with Crippen LogP contribution >= 0.6 is 0 Å². The van der Waals surface area contributed by atoms with Crippen molar-refractivity contribution in [2.24, 2.45) is 0 Å². The van der Waals surface area contributed by atoms with E-state index in [-0.39, 0.29) is 0 Å². The Kier molecular flexibility index (Phi) is 5.13. The minimum Gasteiger partial charge on any atom is -0.365 e. The van der Waals surface area contributed by atoms with Gasteiger partial charge in [-0.2, -0.15) is 10.1 Å². The zero-order valence-corrected chi connectivity index (χ0v) is 12.8. The normalized spacial score (nSPS) is 10.3. The van der Waals surface area contributed by atoms with Gasteiger partial charge in [0.25, 0.3) is 0 Å². The number of nitrogens with one attached hydrogen (secondary N) is 2. The van der Waals surface area contributed by atoms with Gasteiger partial charge in [0.05, 0.1) is 6.20 Å². The van der Waals surface area contributed by atoms with Crippen molar-refractivity contribution in [1.29, 1.82) is 0 Å². The number of hydrogen-bond acceptors (Lipinski definition) is 5. The van der Waals surface area contributed by atoms with Gasteiger partial charge in [0.2, 0.25) is 5.95 Å². The van der Waals surface area contributed by atoms with Crippen LogP contribution in [0.3, 0.4) is 0 Å². The highest BCUT2D eigenvalue weighted by Crippen LogP contribution is 2.07. The highest BCUT2D eigenvalue weighted by molar-refractivity contribution is 5.38. The van der Waals surface area contributed by atoms with Gasteiger partial charge in [0.1, 0.15) is 0 Å². The van der Waals surface area contributed by atoms with Crippen LogP contribution in [0.25, 0.3) is 0 Å². The monoisotopic (exact) mass is 305 g/mol. The van der Waals surface area contributed by atoms with Gasteiger partial charge in [-0.15, -0.1) is 5.10 Å². The van der Waals surface area contributed by atoms with Crippen molar-refractivity contribution < 1.29 is 0 Å². The Morgan fingerprint density at radius 1 is 0.783 bits per heavy atom. The molecule has 2 N–H and O–H groups in total. The van der Waals surface area contributed by atoms with E-state index in [4.69, 9.17) is 0 Å². The minimum atomic E-state index is 0.541. The van der Waals surface area contributed by atoms with Crippen molar-refractivity contribution in [3.63, 3.8) is 0 Å². The fraction of sp³-hybridized carbons (Fsp3) is 0.167. The van der Waals surface area contributed by atoms with E-state index in [2.05, 4.69) is 50.1 Å². The maximum atomic E-state index is 4.42. The highest BCUT2D eigenvalue weighted by Gasteiger charge is 2.00. The molecule has 0 amide bonds. The number of benzene rings is 2. The molecule has 0 unspecified atom stereocenters. The summed E-state index contributed by atoms with van der Waals surface area (Å²) in [7, 11) is 0. The Hall–Kier alpha value is -2.95. The fourth-order valence-corrected chi connectivity index (χ4v) is 2.22. The van der Waals surface area contributed by atoms with Crippen LogP contribution in [0.1, 0.15) is 11.1 Å². The van der Waals surface area contributed by atoms with E-state index >= 15 is 0 Å². The number of hydrogen-bond donors (Lipinski definition) is 2. The second-order valence-corrected chi connectivity index (χ2v) is 5.17. The molecule has 0 aliphatic carbocycles. The quantitative estimate of drug-likeness (QED) is 0.702. The van der Waals surface area contributed by atoms with Gasteiger partial charge in [-0.25, -0.2) is 0 Å². The lowest BCUT2D eigenvalue weighted by atomic mass is 10.1. The van der Waals surface area contributed by atoms with Crippen molar-refractivity contribution in [3.05, 3.63) is 78.0 Å². The first-order valence-corrected chi connectivity index (χ1v) is 7.65. The Balaban J connectivity index is 1.51. The molecule has 1 heterocycles. The van der Waals surface area contributed by atoms with Gasteiger partial charge in [-0.05, 0) is 17.5 Å². The Morgan fingerprint density at radius 2 is 1.48 bits per heavy atom. The van der Waals surface area contributed by atoms with Gasteiger partial charge < -0.3 is 10.6 Å². The Bertz CT molecular complexity index is 716. The van der Waals surface area contributed by atoms with E-state index in [1.807, 2.05) is 36.4 Å². The average Bonchev–Trinajstić information content (AvgIpc) is 2.62. The fourth-order valence-electron chi connectivity index (χ4n) is 2.22. The average molecular weight is 305 g/mol. The maximum Gasteiger partial charge on any atom is 0.244 e. The third-order valence-corrected chi connectivity index (χ3v) is 3.41. The summed E-state index contributed by atoms with van der Waals surface area (Å²) in [5.41, 5.74) is 2.48. The number of aromatic nitrogens is 3. The molecule has 0 saturated heterocycles. The summed E-state index contributed by atoms with van der Waals surface area (Å²) in [6.07, 6.45) is 2.55. The van der Waals surface area contributed by atoms with Crippen LogP contribution in [-0.2, 0) is 13.0 Å². The van der Waals surface area contributed by atoms with Crippen LogP contribution in [0, 0.1) is 0 Å². The molecule has 5 nitrogen and oxygen atoms in total. The molecule has 116 valence electrons. The topological polar surface area (TPSA) is 62.7 Å². The van der Waals surface area contributed by atoms with Crippen LogP contribution in [-0.4, -0.2) is 21.7 Å². The summed E-state index contributed by atoms with van der Waals surface area (Å²) < 4.78 is 0. The van der Waals surface area contributed by atoms with Crippen molar-refractivity contribution in [1.82, 2.24) is 15.2 Å². The Morgan fingerprint density at radius 3 is 2.22 bits per heavy atom. The summed E-state index contributed by atoms with van der Waals surface area (Å²) in [5, 5.41) is 14.5. The smallest absolute Gasteiger partial charge is 0.244 e. The second-order valence-electron chi connectivity index (χ2n) is 5.17. The van der Waals surface area contributed by atoms with Crippen LogP contribution in [0.2, 0.25) is 0 Å². The minimum absolute atomic E-state index is 0.541. The molecule has 0 bridgehead atoms. The van der Waals surface area contributed by atoms with Crippen LogP contribution in [0.15, 0.2) is 66.9 Å². The van der Waals surface area contributed by atoms with Gasteiger partial charge in [-0.3, -0.25) is 0 Å². The second kappa shape index (κ2) is 7.89. The molecule has 0 saturated carbocycles. The van der Waals surface area contributed by atoms with E-state index in [1.54, 1.807) is 6.20 Å². The van der Waals surface area contributed by atoms with Crippen LogP contribution in [0.4, 0.5) is 11.8 Å². The summed E-state index contributed by atoms with van der Waals surface area (Å²) in [6, 6.07) is 20.5. The molecule has 0 aliphatic rings. The number of nitrogens with zero attached hydrogens (tertiary/aromatic N) is 3. The van der Waals surface area contributed by atoms with Crippen molar-refractivity contribution in [2.45, 2.75) is 13.0 Å². The largest absolute Gasteiger partial charge is 0.365 e. The Labute approximate surface area is 135 Å². The van der Waals surface area contributed by atoms with E-state index in [1.165, 1.54) is 11.1 Å².